The van der Waals surface area contributed by atoms with Crippen LogP contribution in [0, 0.1) is 18.8 Å². The van der Waals surface area contributed by atoms with Gasteiger partial charge in [0.05, 0.1) is 6.54 Å². The van der Waals surface area contributed by atoms with Crippen LogP contribution in [0.3, 0.4) is 0 Å². The standard InChI is InChI=1S/C20H27N3O2/c1-12-2-3-15(20(25)22-16-8-9-16)10-17(12)21-11-18(24)23-19(13-4-5-13)14-6-7-14/h2-3,10,13-14,16,19,21H,4-9,11H2,1H3,(H,22,25)(H,23,24). The van der Waals surface area contributed by atoms with Gasteiger partial charge in [0.25, 0.3) is 5.91 Å². The van der Waals surface area contributed by atoms with E-state index in [1.807, 2.05) is 25.1 Å². The lowest BCUT2D eigenvalue weighted by molar-refractivity contribution is -0.120. The molecule has 0 radical (unpaired) electrons. The van der Waals surface area contributed by atoms with Crippen LogP contribution >= 0.6 is 0 Å². The van der Waals surface area contributed by atoms with Gasteiger partial charge in [0.1, 0.15) is 0 Å². The Bertz CT molecular complexity index is 664. The number of nitrogens with one attached hydrogen (secondary N) is 3. The SMILES string of the molecule is Cc1ccc(C(=O)NC2CC2)cc1NCC(=O)NC(C1CC1)C1CC1. The first-order valence-corrected chi connectivity index (χ1v) is 9.55. The van der Waals surface area contributed by atoms with Gasteiger partial charge in [-0.05, 0) is 75.0 Å². The van der Waals surface area contributed by atoms with Crippen molar-refractivity contribution in [2.75, 3.05) is 11.9 Å². The van der Waals surface area contributed by atoms with Gasteiger partial charge in [-0.1, -0.05) is 6.07 Å². The first-order chi connectivity index (χ1) is 12.1. The minimum atomic E-state index is -0.0301. The zero-order valence-electron chi connectivity index (χ0n) is 14.8. The van der Waals surface area contributed by atoms with E-state index in [4.69, 9.17) is 0 Å². The number of amides is 2. The molecule has 1 aromatic rings. The maximum absolute atomic E-state index is 12.3. The number of anilines is 1. The lowest BCUT2D eigenvalue weighted by atomic mass is 10.1. The highest BCUT2D eigenvalue weighted by molar-refractivity contribution is 5.96. The predicted molar refractivity (Wildman–Crippen MR) is 97.5 cm³/mol. The van der Waals surface area contributed by atoms with Gasteiger partial charge in [-0.15, -0.1) is 0 Å². The van der Waals surface area contributed by atoms with E-state index in [1.165, 1.54) is 25.7 Å². The molecule has 2 amide bonds. The molecule has 5 heteroatoms. The first kappa shape index (κ1) is 16.4. The summed E-state index contributed by atoms with van der Waals surface area (Å²) in [4.78, 5) is 24.5. The first-order valence-electron chi connectivity index (χ1n) is 9.55. The minimum absolute atomic E-state index is 0.0301. The zero-order chi connectivity index (χ0) is 17.4. The smallest absolute Gasteiger partial charge is 0.251 e. The van der Waals surface area contributed by atoms with Gasteiger partial charge < -0.3 is 16.0 Å². The molecule has 4 rings (SSSR count). The van der Waals surface area contributed by atoms with E-state index in [9.17, 15) is 9.59 Å². The van der Waals surface area contributed by atoms with E-state index < -0.39 is 0 Å². The summed E-state index contributed by atoms with van der Waals surface area (Å²) >= 11 is 0. The number of carbonyl (C=O) groups is 2. The van der Waals surface area contributed by atoms with Crippen LogP contribution in [0.25, 0.3) is 0 Å². The molecule has 3 saturated carbocycles. The van der Waals surface area contributed by atoms with Crippen molar-refractivity contribution in [2.24, 2.45) is 11.8 Å². The molecule has 3 fully saturated rings. The Kier molecular flexibility index (Phi) is 4.40. The Morgan fingerprint density at radius 3 is 2.36 bits per heavy atom. The summed E-state index contributed by atoms with van der Waals surface area (Å²) in [7, 11) is 0. The fraction of sp³-hybridized carbons (Fsp3) is 0.600. The number of carbonyl (C=O) groups excluding carboxylic acids is 2. The summed E-state index contributed by atoms with van der Waals surface area (Å²) in [6, 6.07) is 6.34. The Morgan fingerprint density at radius 1 is 1.08 bits per heavy atom. The fourth-order valence-corrected chi connectivity index (χ4v) is 3.39. The molecule has 3 aliphatic rings. The third-order valence-corrected chi connectivity index (χ3v) is 5.44. The molecule has 0 aliphatic heterocycles. The molecule has 3 N–H and O–H groups in total. The summed E-state index contributed by atoms with van der Waals surface area (Å²) in [5.74, 6) is 1.42. The van der Waals surface area contributed by atoms with Crippen LogP contribution in [0.1, 0.15) is 54.4 Å². The van der Waals surface area contributed by atoms with Crippen molar-refractivity contribution in [3.8, 4) is 0 Å². The van der Waals surface area contributed by atoms with Gasteiger partial charge in [-0.3, -0.25) is 9.59 Å². The van der Waals surface area contributed by atoms with Crippen molar-refractivity contribution in [3.63, 3.8) is 0 Å². The van der Waals surface area contributed by atoms with E-state index in [0.717, 1.165) is 24.1 Å². The molecule has 0 aromatic heterocycles. The average Bonchev–Trinajstić information content (AvgIpc) is 3.46. The largest absolute Gasteiger partial charge is 0.376 e. The normalized spacial score (nSPS) is 19.6. The number of aryl methyl sites for hydroxylation is 1. The van der Waals surface area contributed by atoms with Crippen molar-refractivity contribution >= 4 is 17.5 Å². The molecule has 134 valence electrons. The average molecular weight is 341 g/mol. The Labute approximate surface area is 148 Å². The second-order valence-electron chi connectivity index (χ2n) is 7.90. The van der Waals surface area contributed by atoms with Crippen molar-refractivity contribution < 1.29 is 9.59 Å². The lowest BCUT2D eigenvalue weighted by Crippen LogP contribution is -2.41. The van der Waals surface area contributed by atoms with Gasteiger partial charge >= 0.3 is 0 Å². The van der Waals surface area contributed by atoms with Crippen molar-refractivity contribution in [1.29, 1.82) is 0 Å². The van der Waals surface area contributed by atoms with Crippen LogP contribution < -0.4 is 16.0 Å². The molecule has 0 unspecified atom stereocenters. The quantitative estimate of drug-likeness (QED) is 0.681. The molecule has 0 bridgehead atoms. The van der Waals surface area contributed by atoms with Crippen molar-refractivity contribution in [1.82, 2.24) is 10.6 Å². The van der Waals surface area contributed by atoms with Gasteiger partial charge in [0.2, 0.25) is 5.91 Å². The summed E-state index contributed by atoms with van der Waals surface area (Å²) in [6.07, 6.45) is 7.18. The third-order valence-electron chi connectivity index (χ3n) is 5.44. The highest BCUT2D eigenvalue weighted by Crippen LogP contribution is 2.44. The molecule has 25 heavy (non-hydrogen) atoms. The maximum Gasteiger partial charge on any atom is 0.251 e. The highest BCUT2D eigenvalue weighted by Gasteiger charge is 2.42. The molecule has 0 atom stereocenters. The van der Waals surface area contributed by atoms with E-state index in [0.29, 0.717) is 29.5 Å². The molecule has 0 spiro atoms. The van der Waals surface area contributed by atoms with E-state index in [2.05, 4.69) is 16.0 Å². The van der Waals surface area contributed by atoms with Gasteiger partial charge in [0.15, 0.2) is 0 Å². The Morgan fingerprint density at radius 2 is 1.76 bits per heavy atom. The Balaban J connectivity index is 1.33. The topological polar surface area (TPSA) is 70.2 Å². The third kappa shape index (κ3) is 4.33. The van der Waals surface area contributed by atoms with Crippen molar-refractivity contribution in [3.05, 3.63) is 29.3 Å². The second-order valence-corrected chi connectivity index (χ2v) is 7.90. The van der Waals surface area contributed by atoms with E-state index in [1.54, 1.807) is 0 Å². The molecular weight excluding hydrogens is 314 g/mol. The molecule has 0 heterocycles. The number of rotatable bonds is 8. The van der Waals surface area contributed by atoms with Crippen LogP contribution in [0.5, 0.6) is 0 Å². The summed E-state index contributed by atoms with van der Waals surface area (Å²) < 4.78 is 0. The monoisotopic (exact) mass is 341 g/mol. The minimum Gasteiger partial charge on any atom is -0.376 e. The highest BCUT2D eigenvalue weighted by atomic mass is 16.2. The van der Waals surface area contributed by atoms with Crippen LogP contribution in [-0.2, 0) is 4.79 Å². The number of benzene rings is 1. The van der Waals surface area contributed by atoms with Gasteiger partial charge in [-0.25, -0.2) is 0 Å². The van der Waals surface area contributed by atoms with Gasteiger partial charge in [-0.2, -0.15) is 0 Å². The molecule has 0 saturated heterocycles. The summed E-state index contributed by atoms with van der Waals surface area (Å²) in [5, 5.41) is 9.43. The molecule has 3 aliphatic carbocycles. The van der Waals surface area contributed by atoms with Crippen LogP contribution in [0.2, 0.25) is 0 Å². The summed E-state index contributed by atoms with van der Waals surface area (Å²) in [5.41, 5.74) is 2.54. The van der Waals surface area contributed by atoms with Crippen LogP contribution in [0.4, 0.5) is 5.69 Å². The molecular formula is C20H27N3O2. The maximum atomic E-state index is 12.3. The van der Waals surface area contributed by atoms with Crippen molar-refractivity contribution in [2.45, 2.75) is 57.5 Å². The lowest BCUT2D eigenvalue weighted by Gasteiger charge is -2.18. The van der Waals surface area contributed by atoms with Crippen LogP contribution in [0.15, 0.2) is 18.2 Å². The molecule has 1 aromatic carbocycles. The fourth-order valence-electron chi connectivity index (χ4n) is 3.39. The zero-order valence-corrected chi connectivity index (χ0v) is 14.8. The van der Waals surface area contributed by atoms with Crippen LogP contribution in [-0.4, -0.2) is 30.4 Å². The summed E-state index contributed by atoms with van der Waals surface area (Å²) in [6.45, 7) is 2.24. The number of hydrogen-bond donors (Lipinski definition) is 3. The predicted octanol–water partition coefficient (Wildman–Crippen LogP) is 2.60. The Hall–Kier alpha value is -2.04. The van der Waals surface area contributed by atoms with E-state index >= 15 is 0 Å². The number of hydrogen-bond acceptors (Lipinski definition) is 3. The molecule has 5 nitrogen and oxygen atoms in total. The van der Waals surface area contributed by atoms with Gasteiger partial charge in [0, 0.05) is 23.3 Å². The van der Waals surface area contributed by atoms with E-state index in [-0.39, 0.29) is 18.4 Å². The second kappa shape index (κ2) is 6.70.